The van der Waals surface area contributed by atoms with E-state index in [9.17, 15) is 4.79 Å². The topological polar surface area (TPSA) is 74.5 Å². The second kappa shape index (κ2) is 8.69. The van der Waals surface area contributed by atoms with Gasteiger partial charge in [0.05, 0.1) is 20.0 Å². The molecule has 1 heterocycles. The normalized spacial score (nSPS) is 11.3. The van der Waals surface area contributed by atoms with Gasteiger partial charge in [-0.05, 0) is 23.1 Å². The zero-order valence-corrected chi connectivity index (χ0v) is 18.0. The van der Waals surface area contributed by atoms with E-state index in [1.165, 1.54) is 17.3 Å². The SMILES string of the molecule is COc1cc(OC)cc(-c2nnc(SCC(=O)c3ccc(C(C)(C)C)cc3)o2)c1. The molecule has 0 aliphatic heterocycles. The summed E-state index contributed by atoms with van der Waals surface area (Å²) >= 11 is 1.22. The van der Waals surface area contributed by atoms with Crippen molar-refractivity contribution in [3.05, 3.63) is 53.6 Å². The van der Waals surface area contributed by atoms with Crippen molar-refractivity contribution in [1.29, 1.82) is 0 Å². The molecular weight excluding hydrogens is 388 g/mol. The van der Waals surface area contributed by atoms with E-state index in [2.05, 4.69) is 31.0 Å². The quantitative estimate of drug-likeness (QED) is 0.398. The maximum atomic E-state index is 12.5. The minimum absolute atomic E-state index is 0.0123. The standard InChI is InChI=1S/C22H24N2O4S/c1-22(2,3)16-8-6-14(7-9-16)19(25)13-29-21-24-23-20(28-21)15-10-17(26-4)12-18(11-15)27-5/h6-12H,13H2,1-5H3. The molecule has 0 bridgehead atoms. The van der Waals surface area contributed by atoms with Crippen LogP contribution in [0.15, 0.2) is 52.1 Å². The molecule has 0 fully saturated rings. The molecule has 152 valence electrons. The van der Waals surface area contributed by atoms with Crippen LogP contribution in [0.3, 0.4) is 0 Å². The molecule has 0 amide bonds. The van der Waals surface area contributed by atoms with Crippen LogP contribution in [0.4, 0.5) is 0 Å². The number of hydrogen-bond donors (Lipinski definition) is 0. The van der Waals surface area contributed by atoms with Crippen LogP contribution in [0, 0.1) is 0 Å². The van der Waals surface area contributed by atoms with Gasteiger partial charge in [-0.1, -0.05) is 56.8 Å². The molecule has 3 rings (SSSR count). The largest absolute Gasteiger partial charge is 0.497 e. The molecule has 0 saturated carbocycles. The summed E-state index contributed by atoms with van der Waals surface area (Å²) in [6.07, 6.45) is 0. The van der Waals surface area contributed by atoms with E-state index in [0.29, 0.717) is 33.7 Å². The Morgan fingerprint density at radius 3 is 2.17 bits per heavy atom. The smallest absolute Gasteiger partial charge is 0.277 e. The lowest BCUT2D eigenvalue weighted by atomic mass is 9.86. The summed E-state index contributed by atoms with van der Waals surface area (Å²) in [5.41, 5.74) is 2.60. The molecule has 0 aliphatic carbocycles. The Labute approximate surface area is 174 Å². The fourth-order valence-electron chi connectivity index (χ4n) is 2.68. The minimum Gasteiger partial charge on any atom is -0.497 e. The Morgan fingerprint density at radius 1 is 1.00 bits per heavy atom. The van der Waals surface area contributed by atoms with Crippen LogP contribution in [0.25, 0.3) is 11.5 Å². The Balaban J connectivity index is 1.67. The molecule has 0 N–H and O–H groups in total. The Kier molecular flexibility index (Phi) is 6.27. The van der Waals surface area contributed by atoms with Crippen molar-refractivity contribution in [3.8, 4) is 23.0 Å². The van der Waals surface area contributed by atoms with E-state index in [1.807, 2.05) is 24.3 Å². The lowest BCUT2D eigenvalue weighted by molar-refractivity contribution is 0.102. The van der Waals surface area contributed by atoms with Crippen LogP contribution < -0.4 is 9.47 Å². The lowest BCUT2D eigenvalue weighted by Crippen LogP contribution is -2.11. The molecule has 0 unspecified atom stereocenters. The van der Waals surface area contributed by atoms with E-state index >= 15 is 0 Å². The first-order chi connectivity index (χ1) is 13.8. The van der Waals surface area contributed by atoms with Crippen LogP contribution in [0.1, 0.15) is 36.7 Å². The number of benzene rings is 2. The van der Waals surface area contributed by atoms with Gasteiger partial charge in [-0.2, -0.15) is 0 Å². The fraction of sp³-hybridized carbons (Fsp3) is 0.318. The second-order valence-electron chi connectivity index (χ2n) is 7.51. The van der Waals surface area contributed by atoms with E-state index in [-0.39, 0.29) is 17.0 Å². The van der Waals surface area contributed by atoms with Crippen LogP contribution in [0.5, 0.6) is 11.5 Å². The monoisotopic (exact) mass is 412 g/mol. The Hall–Kier alpha value is -2.80. The van der Waals surface area contributed by atoms with Gasteiger partial charge in [0.25, 0.3) is 5.22 Å². The van der Waals surface area contributed by atoms with Crippen molar-refractivity contribution in [2.45, 2.75) is 31.4 Å². The third kappa shape index (κ3) is 5.17. The van der Waals surface area contributed by atoms with Crippen molar-refractivity contribution >= 4 is 17.5 Å². The predicted molar refractivity (Wildman–Crippen MR) is 113 cm³/mol. The zero-order valence-electron chi connectivity index (χ0n) is 17.2. The molecule has 0 aliphatic rings. The van der Waals surface area contributed by atoms with Gasteiger partial charge in [0.1, 0.15) is 11.5 Å². The lowest BCUT2D eigenvalue weighted by Gasteiger charge is -2.18. The number of nitrogens with zero attached hydrogens (tertiary/aromatic N) is 2. The minimum atomic E-state index is 0.0123. The molecule has 6 nitrogen and oxygen atoms in total. The maximum Gasteiger partial charge on any atom is 0.277 e. The van der Waals surface area contributed by atoms with Gasteiger partial charge < -0.3 is 13.9 Å². The van der Waals surface area contributed by atoms with Crippen molar-refractivity contribution in [3.63, 3.8) is 0 Å². The molecule has 2 aromatic carbocycles. The number of rotatable bonds is 7. The molecule has 0 radical (unpaired) electrons. The number of methoxy groups -OCH3 is 2. The highest BCUT2D eigenvalue weighted by Gasteiger charge is 2.16. The highest BCUT2D eigenvalue weighted by Crippen LogP contribution is 2.30. The Bertz CT molecular complexity index is 969. The van der Waals surface area contributed by atoms with Gasteiger partial charge in [-0.25, -0.2) is 0 Å². The number of aromatic nitrogens is 2. The molecule has 0 saturated heterocycles. The third-order valence-electron chi connectivity index (χ3n) is 4.40. The first-order valence-electron chi connectivity index (χ1n) is 9.13. The number of carbonyl (C=O) groups excluding carboxylic acids is 1. The molecule has 29 heavy (non-hydrogen) atoms. The molecule has 3 aromatic rings. The highest BCUT2D eigenvalue weighted by molar-refractivity contribution is 7.99. The summed E-state index contributed by atoms with van der Waals surface area (Å²) in [5, 5.41) is 8.43. The predicted octanol–water partition coefficient (Wildman–Crippen LogP) is 5.03. The fourth-order valence-corrected chi connectivity index (χ4v) is 3.34. The van der Waals surface area contributed by atoms with Gasteiger partial charge in [0, 0.05) is 17.2 Å². The van der Waals surface area contributed by atoms with Crippen molar-refractivity contribution in [1.82, 2.24) is 10.2 Å². The van der Waals surface area contributed by atoms with Crippen molar-refractivity contribution in [2.24, 2.45) is 0 Å². The number of carbonyl (C=O) groups is 1. The maximum absolute atomic E-state index is 12.5. The van der Waals surface area contributed by atoms with Crippen molar-refractivity contribution < 1.29 is 18.7 Å². The summed E-state index contributed by atoms with van der Waals surface area (Å²) in [4.78, 5) is 12.5. The van der Waals surface area contributed by atoms with Gasteiger partial charge in [0.2, 0.25) is 5.89 Å². The molecule has 0 atom stereocenters. The summed E-state index contributed by atoms with van der Waals surface area (Å²) in [7, 11) is 3.15. The van der Waals surface area contributed by atoms with E-state index in [4.69, 9.17) is 13.9 Å². The second-order valence-corrected chi connectivity index (χ2v) is 8.44. The first-order valence-corrected chi connectivity index (χ1v) is 10.1. The molecule has 0 spiro atoms. The first kappa shape index (κ1) is 20.9. The van der Waals surface area contributed by atoms with Gasteiger partial charge in [-0.3, -0.25) is 4.79 Å². The van der Waals surface area contributed by atoms with E-state index in [1.54, 1.807) is 32.4 Å². The van der Waals surface area contributed by atoms with Gasteiger partial charge in [-0.15, -0.1) is 10.2 Å². The number of hydrogen-bond acceptors (Lipinski definition) is 7. The molecule has 7 heteroatoms. The van der Waals surface area contributed by atoms with Crippen LogP contribution in [0.2, 0.25) is 0 Å². The molecular formula is C22H24N2O4S. The van der Waals surface area contributed by atoms with E-state index in [0.717, 1.165) is 0 Å². The summed E-state index contributed by atoms with van der Waals surface area (Å²) in [6, 6.07) is 13.1. The van der Waals surface area contributed by atoms with Gasteiger partial charge >= 0.3 is 0 Å². The average Bonchev–Trinajstić information content (AvgIpc) is 3.20. The zero-order chi connectivity index (χ0) is 21.0. The van der Waals surface area contributed by atoms with Crippen LogP contribution in [-0.2, 0) is 5.41 Å². The average molecular weight is 413 g/mol. The number of ketones is 1. The summed E-state index contributed by atoms with van der Waals surface area (Å²) < 4.78 is 16.2. The number of thioether (sulfide) groups is 1. The molecule has 1 aromatic heterocycles. The van der Waals surface area contributed by atoms with Gasteiger partial charge in [0.15, 0.2) is 5.78 Å². The third-order valence-corrected chi connectivity index (χ3v) is 5.22. The van der Waals surface area contributed by atoms with Crippen LogP contribution in [-0.4, -0.2) is 36.0 Å². The summed E-state index contributed by atoms with van der Waals surface area (Å²) in [5.74, 6) is 1.82. The van der Waals surface area contributed by atoms with Crippen molar-refractivity contribution in [2.75, 3.05) is 20.0 Å². The highest BCUT2D eigenvalue weighted by atomic mass is 32.2. The number of Topliss-reactive ketones (excluding diaryl/α,β-unsaturated/α-hetero) is 1. The Morgan fingerprint density at radius 2 is 1.62 bits per heavy atom. The van der Waals surface area contributed by atoms with Crippen LogP contribution >= 0.6 is 11.8 Å². The number of ether oxygens (including phenoxy) is 2. The summed E-state index contributed by atoms with van der Waals surface area (Å²) in [6.45, 7) is 6.43. The van der Waals surface area contributed by atoms with E-state index < -0.39 is 0 Å².